The second kappa shape index (κ2) is 5.91. The van der Waals surface area contributed by atoms with Crippen molar-refractivity contribution in [2.45, 2.75) is 36.6 Å². The average molecular weight is 260 g/mol. The van der Waals surface area contributed by atoms with Gasteiger partial charge in [0.1, 0.15) is 11.4 Å². The second-order valence-electron chi connectivity index (χ2n) is 4.36. The van der Waals surface area contributed by atoms with Crippen molar-refractivity contribution in [1.82, 2.24) is 0 Å². The van der Waals surface area contributed by atoms with Gasteiger partial charge < -0.3 is 0 Å². The molecule has 1 atom stereocenters. The maximum atomic E-state index is 12.4. The first-order valence-electron chi connectivity index (χ1n) is 6.18. The molecule has 0 amide bonds. The van der Waals surface area contributed by atoms with Crippen LogP contribution in [0.2, 0.25) is 0 Å². The Kier molecular flexibility index (Phi) is 4.26. The summed E-state index contributed by atoms with van der Waals surface area (Å²) in [7, 11) is -1.09. The Balaban J connectivity index is 2.28. The molecule has 0 aliphatic carbocycles. The smallest absolute Gasteiger partial charge is 0.185 e. The fraction of sp³-hybridized carbons (Fsp3) is 0.267. The van der Waals surface area contributed by atoms with Gasteiger partial charge in [0, 0.05) is 17.4 Å². The highest BCUT2D eigenvalue weighted by molar-refractivity contribution is 7.85. The Morgan fingerprint density at radius 1 is 1.11 bits per heavy atom. The van der Waals surface area contributed by atoms with Crippen LogP contribution in [0, 0.1) is 6.92 Å². The van der Waals surface area contributed by atoms with E-state index in [1.165, 1.54) is 5.56 Å². The van der Waals surface area contributed by atoms with Crippen LogP contribution in [0.5, 0.6) is 0 Å². The molecule has 0 saturated heterocycles. The van der Waals surface area contributed by atoms with E-state index in [1.54, 1.807) is 0 Å². The maximum absolute atomic E-state index is 12.4. The normalized spacial score (nSPS) is 12.3. The van der Waals surface area contributed by atoms with Gasteiger partial charge in [0.2, 0.25) is 0 Å². The molecule has 0 aliphatic rings. The molecule has 0 spiro atoms. The van der Waals surface area contributed by atoms with Crippen molar-refractivity contribution in [3.05, 3.63) is 54.4 Å². The first-order chi connectivity index (χ1) is 8.70. The largest absolute Gasteiger partial charge is 0.249 e. The van der Waals surface area contributed by atoms with E-state index >= 15 is 0 Å². The van der Waals surface area contributed by atoms with Crippen molar-refractivity contribution in [2.75, 3.05) is 0 Å². The number of rotatable bonds is 4. The predicted octanol–water partition coefficient (Wildman–Crippen LogP) is 2.86. The fourth-order valence-electron chi connectivity index (χ4n) is 1.80. The van der Waals surface area contributed by atoms with Gasteiger partial charge in [-0.05, 0) is 25.1 Å². The Morgan fingerprint density at radius 2 is 1.83 bits per heavy atom. The Labute approximate surface area is 111 Å². The fourth-order valence-corrected chi connectivity index (χ4v) is 2.89. The number of hydrogen-bond acceptors (Lipinski definition) is 1. The molecule has 3 heteroatoms. The third kappa shape index (κ3) is 3.05. The van der Waals surface area contributed by atoms with Crippen molar-refractivity contribution in [3.8, 4) is 0 Å². The number of pyridine rings is 1. The molecule has 0 saturated carbocycles. The summed E-state index contributed by atoms with van der Waals surface area (Å²) in [5.74, 6) is 0. The summed E-state index contributed by atoms with van der Waals surface area (Å²) in [5.41, 5.74) is 1.19. The summed E-state index contributed by atoms with van der Waals surface area (Å²) >= 11 is 0. The minimum atomic E-state index is -1.09. The summed E-state index contributed by atoms with van der Waals surface area (Å²) in [6, 6.07) is 11.7. The van der Waals surface area contributed by atoms with Crippen LogP contribution in [0.3, 0.4) is 0 Å². The van der Waals surface area contributed by atoms with Gasteiger partial charge in [0.15, 0.2) is 12.4 Å². The Morgan fingerprint density at radius 3 is 2.50 bits per heavy atom. The zero-order valence-corrected chi connectivity index (χ0v) is 11.6. The minimum absolute atomic E-state index is 0.856. The molecule has 18 heavy (non-hydrogen) atoms. The highest BCUT2D eigenvalue weighted by Crippen LogP contribution is 2.15. The van der Waals surface area contributed by atoms with E-state index in [2.05, 4.69) is 11.5 Å². The molecule has 0 N–H and O–H groups in total. The lowest BCUT2D eigenvalue weighted by Gasteiger charge is -2.02. The van der Waals surface area contributed by atoms with Crippen molar-refractivity contribution in [3.63, 3.8) is 0 Å². The molecule has 1 heterocycles. The van der Waals surface area contributed by atoms with Gasteiger partial charge in [-0.1, -0.05) is 24.6 Å². The standard InChI is InChI=1S/C15H18NOS/c1-3-10-16-11-4-5-15(12-16)18(17)14-8-6-13(2)7-9-14/h4-9,11-12H,3,10H2,1-2H3/q+1/t18-/m0/s1. The molecule has 1 aromatic heterocycles. The number of benzene rings is 1. The van der Waals surface area contributed by atoms with Crippen LogP contribution in [0.15, 0.2) is 58.6 Å². The van der Waals surface area contributed by atoms with Gasteiger partial charge in [-0.25, -0.2) is 8.78 Å². The third-order valence-corrected chi connectivity index (χ3v) is 4.13. The monoisotopic (exact) mass is 260 g/mol. The molecular weight excluding hydrogens is 242 g/mol. The van der Waals surface area contributed by atoms with E-state index in [9.17, 15) is 4.21 Å². The van der Waals surface area contributed by atoms with Crippen LogP contribution in [-0.2, 0) is 17.3 Å². The lowest BCUT2D eigenvalue weighted by molar-refractivity contribution is -0.698. The average Bonchev–Trinajstić information content (AvgIpc) is 2.39. The van der Waals surface area contributed by atoms with Gasteiger partial charge in [-0.3, -0.25) is 0 Å². The van der Waals surface area contributed by atoms with Crippen LogP contribution in [-0.4, -0.2) is 4.21 Å². The lowest BCUT2D eigenvalue weighted by Crippen LogP contribution is -2.32. The lowest BCUT2D eigenvalue weighted by atomic mass is 10.2. The van der Waals surface area contributed by atoms with Gasteiger partial charge in [-0.15, -0.1) is 0 Å². The second-order valence-corrected chi connectivity index (χ2v) is 5.84. The Bertz CT molecular complexity index is 549. The summed E-state index contributed by atoms with van der Waals surface area (Å²) in [6.45, 7) is 5.12. The van der Waals surface area contributed by atoms with Crippen molar-refractivity contribution in [2.24, 2.45) is 0 Å². The molecule has 94 valence electrons. The summed E-state index contributed by atoms with van der Waals surface area (Å²) < 4.78 is 14.5. The number of aromatic nitrogens is 1. The first kappa shape index (κ1) is 13.0. The predicted molar refractivity (Wildman–Crippen MR) is 72.8 cm³/mol. The van der Waals surface area contributed by atoms with Crippen molar-refractivity contribution in [1.29, 1.82) is 0 Å². The van der Waals surface area contributed by atoms with Crippen molar-refractivity contribution < 1.29 is 8.78 Å². The SMILES string of the molecule is CCC[n+]1cccc([S@@](=O)c2ccc(C)cc2)c1. The van der Waals surface area contributed by atoms with Crippen LogP contribution < -0.4 is 4.57 Å². The zero-order chi connectivity index (χ0) is 13.0. The van der Waals surface area contributed by atoms with Crippen LogP contribution >= 0.6 is 0 Å². The molecule has 0 fully saturated rings. The maximum Gasteiger partial charge on any atom is 0.185 e. The molecule has 1 aromatic carbocycles. The highest BCUT2D eigenvalue weighted by Gasteiger charge is 2.10. The quantitative estimate of drug-likeness (QED) is 0.774. The van der Waals surface area contributed by atoms with Gasteiger partial charge in [0.25, 0.3) is 0 Å². The third-order valence-electron chi connectivity index (χ3n) is 2.76. The first-order valence-corrected chi connectivity index (χ1v) is 7.33. The molecule has 2 rings (SSSR count). The topological polar surface area (TPSA) is 20.9 Å². The molecule has 2 nitrogen and oxygen atoms in total. The van der Waals surface area contributed by atoms with Crippen molar-refractivity contribution >= 4 is 10.8 Å². The van der Waals surface area contributed by atoms with E-state index in [-0.39, 0.29) is 0 Å². The molecule has 0 aliphatic heterocycles. The van der Waals surface area contributed by atoms with Crippen LogP contribution in [0.25, 0.3) is 0 Å². The van der Waals surface area contributed by atoms with E-state index in [0.29, 0.717) is 0 Å². The van der Waals surface area contributed by atoms with Gasteiger partial charge >= 0.3 is 0 Å². The van der Waals surface area contributed by atoms with Crippen LogP contribution in [0.1, 0.15) is 18.9 Å². The summed E-state index contributed by atoms with van der Waals surface area (Å²) in [4.78, 5) is 1.71. The number of hydrogen-bond donors (Lipinski definition) is 0. The Hall–Kier alpha value is -1.48. The number of aryl methyl sites for hydroxylation is 2. The zero-order valence-electron chi connectivity index (χ0n) is 10.8. The van der Waals surface area contributed by atoms with Gasteiger partial charge in [0.05, 0.1) is 10.8 Å². The van der Waals surface area contributed by atoms with E-state index in [1.807, 2.05) is 55.7 Å². The molecule has 2 aromatic rings. The highest BCUT2D eigenvalue weighted by atomic mass is 32.2. The van der Waals surface area contributed by atoms with E-state index in [0.717, 1.165) is 22.8 Å². The molecular formula is C15H18NOS+. The summed E-state index contributed by atoms with van der Waals surface area (Å²) in [5, 5.41) is 0. The number of nitrogens with zero attached hydrogens (tertiary/aromatic N) is 1. The molecule has 0 unspecified atom stereocenters. The summed E-state index contributed by atoms with van der Waals surface area (Å²) in [6.07, 6.45) is 5.06. The molecule has 0 bridgehead atoms. The minimum Gasteiger partial charge on any atom is -0.249 e. The van der Waals surface area contributed by atoms with E-state index in [4.69, 9.17) is 0 Å². The van der Waals surface area contributed by atoms with Gasteiger partial charge in [-0.2, -0.15) is 0 Å². The van der Waals surface area contributed by atoms with E-state index < -0.39 is 10.8 Å². The van der Waals surface area contributed by atoms with Crippen LogP contribution in [0.4, 0.5) is 0 Å². The molecule has 0 radical (unpaired) electrons.